The van der Waals surface area contributed by atoms with E-state index >= 15 is 0 Å². The number of nitrogens with two attached hydrogens (primary N) is 1. The van der Waals surface area contributed by atoms with E-state index < -0.39 is 0 Å². The van der Waals surface area contributed by atoms with Crippen molar-refractivity contribution in [2.45, 2.75) is 39.2 Å². The van der Waals surface area contributed by atoms with E-state index in [0.29, 0.717) is 11.6 Å². The zero-order valence-electron chi connectivity index (χ0n) is 10.4. The van der Waals surface area contributed by atoms with Gasteiger partial charge < -0.3 is 10.5 Å². The molecular weight excluding hydrogens is 230 g/mol. The van der Waals surface area contributed by atoms with E-state index in [1.54, 1.807) is 0 Å². The summed E-state index contributed by atoms with van der Waals surface area (Å²) in [5.74, 6) is 0. The molecule has 0 radical (unpaired) electrons. The van der Waals surface area contributed by atoms with E-state index in [1.807, 2.05) is 24.3 Å². The minimum Gasteiger partial charge on any atom is -0.389 e. The van der Waals surface area contributed by atoms with Crippen molar-refractivity contribution < 1.29 is 4.74 Å². The van der Waals surface area contributed by atoms with Crippen molar-refractivity contribution in [2.75, 3.05) is 6.61 Å². The highest BCUT2D eigenvalue weighted by atomic mass is 32.1. The fraction of sp³-hybridized carbons (Fsp3) is 0.500. The van der Waals surface area contributed by atoms with E-state index in [2.05, 4.69) is 6.92 Å². The molecule has 0 aliphatic carbocycles. The molecule has 0 aliphatic rings. The second kappa shape index (κ2) is 8.20. The lowest BCUT2D eigenvalue weighted by molar-refractivity contribution is 0.117. The summed E-state index contributed by atoms with van der Waals surface area (Å²) in [7, 11) is 0. The summed E-state index contributed by atoms with van der Waals surface area (Å²) < 4.78 is 5.62. The Morgan fingerprint density at radius 1 is 1.29 bits per heavy atom. The Morgan fingerprint density at radius 3 is 2.82 bits per heavy atom. The van der Waals surface area contributed by atoms with Gasteiger partial charge in [0.1, 0.15) is 4.99 Å². The normalized spacial score (nSPS) is 10.4. The molecule has 0 atom stereocenters. The molecular formula is C14H21NOS. The summed E-state index contributed by atoms with van der Waals surface area (Å²) in [6, 6.07) is 7.92. The first-order chi connectivity index (χ1) is 8.24. The van der Waals surface area contributed by atoms with Gasteiger partial charge in [0.25, 0.3) is 0 Å². The van der Waals surface area contributed by atoms with Gasteiger partial charge >= 0.3 is 0 Å². The highest BCUT2D eigenvalue weighted by molar-refractivity contribution is 7.80. The average Bonchev–Trinajstić information content (AvgIpc) is 2.34. The lowest BCUT2D eigenvalue weighted by Crippen LogP contribution is -2.09. The maximum absolute atomic E-state index is 5.62. The topological polar surface area (TPSA) is 35.2 Å². The molecule has 1 aromatic rings. The van der Waals surface area contributed by atoms with E-state index in [4.69, 9.17) is 22.7 Å². The van der Waals surface area contributed by atoms with Gasteiger partial charge in [0.2, 0.25) is 0 Å². The number of hydrogen-bond acceptors (Lipinski definition) is 2. The molecule has 0 fully saturated rings. The number of benzene rings is 1. The summed E-state index contributed by atoms with van der Waals surface area (Å²) in [6.07, 6.45) is 4.95. The van der Waals surface area contributed by atoms with Crippen molar-refractivity contribution in [3.63, 3.8) is 0 Å². The lowest BCUT2D eigenvalue weighted by atomic mass is 10.1. The van der Waals surface area contributed by atoms with Crippen molar-refractivity contribution in [3.8, 4) is 0 Å². The zero-order valence-corrected chi connectivity index (χ0v) is 11.3. The van der Waals surface area contributed by atoms with Crippen LogP contribution in [0.1, 0.15) is 43.7 Å². The molecule has 0 saturated carbocycles. The minimum absolute atomic E-state index is 0.440. The van der Waals surface area contributed by atoms with Crippen LogP contribution in [0.2, 0.25) is 0 Å². The molecule has 0 saturated heterocycles. The van der Waals surface area contributed by atoms with Crippen LogP contribution in [0.25, 0.3) is 0 Å². The van der Waals surface area contributed by atoms with E-state index in [0.717, 1.165) is 24.2 Å². The van der Waals surface area contributed by atoms with Crippen LogP contribution in [0.3, 0.4) is 0 Å². The van der Waals surface area contributed by atoms with Gasteiger partial charge in [0.15, 0.2) is 0 Å². The standard InChI is InChI=1S/C14H21NOS/c1-2-3-4-5-9-16-11-12-7-6-8-13(10-12)14(15)17/h6-8,10H,2-5,9,11H2,1H3,(H2,15,17). The van der Waals surface area contributed by atoms with Crippen LogP contribution in [0.15, 0.2) is 24.3 Å². The van der Waals surface area contributed by atoms with Crippen LogP contribution in [0.5, 0.6) is 0 Å². The SMILES string of the molecule is CCCCCCOCc1cccc(C(N)=S)c1. The number of rotatable bonds is 8. The third kappa shape index (κ3) is 5.80. The molecule has 94 valence electrons. The Morgan fingerprint density at radius 2 is 2.12 bits per heavy atom. The maximum Gasteiger partial charge on any atom is 0.103 e. The molecule has 0 amide bonds. The van der Waals surface area contributed by atoms with Crippen LogP contribution in [-0.2, 0) is 11.3 Å². The first kappa shape index (κ1) is 14.1. The van der Waals surface area contributed by atoms with Crippen LogP contribution >= 0.6 is 12.2 Å². The Kier molecular flexibility index (Phi) is 6.82. The zero-order chi connectivity index (χ0) is 12.5. The largest absolute Gasteiger partial charge is 0.389 e. The molecule has 17 heavy (non-hydrogen) atoms. The van der Waals surface area contributed by atoms with Gasteiger partial charge in [0, 0.05) is 12.2 Å². The fourth-order valence-electron chi connectivity index (χ4n) is 1.64. The summed E-state index contributed by atoms with van der Waals surface area (Å²) in [5, 5.41) is 0. The third-order valence-corrected chi connectivity index (χ3v) is 2.86. The van der Waals surface area contributed by atoms with Crippen molar-refractivity contribution in [3.05, 3.63) is 35.4 Å². The predicted octanol–water partition coefficient (Wildman–Crippen LogP) is 3.42. The summed E-state index contributed by atoms with van der Waals surface area (Å²) in [6.45, 7) is 3.68. The number of thiocarbonyl (C=S) groups is 1. The predicted molar refractivity (Wildman–Crippen MR) is 76.1 cm³/mol. The van der Waals surface area contributed by atoms with Crippen molar-refractivity contribution in [2.24, 2.45) is 5.73 Å². The average molecular weight is 251 g/mol. The van der Waals surface area contributed by atoms with Crippen molar-refractivity contribution in [1.82, 2.24) is 0 Å². The fourth-order valence-corrected chi connectivity index (χ4v) is 1.76. The van der Waals surface area contributed by atoms with Gasteiger partial charge in [-0.15, -0.1) is 0 Å². The smallest absolute Gasteiger partial charge is 0.103 e. The van der Waals surface area contributed by atoms with E-state index in [9.17, 15) is 0 Å². The van der Waals surface area contributed by atoms with Gasteiger partial charge in [-0.25, -0.2) is 0 Å². The van der Waals surface area contributed by atoms with Gasteiger partial charge in [-0.05, 0) is 18.1 Å². The molecule has 1 rings (SSSR count). The second-order valence-corrected chi connectivity index (χ2v) is 4.62. The first-order valence-corrected chi connectivity index (χ1v) is 6.61. The molecule has 3 heteroatoms. The Balaban J connectivity index is 2.27. The summed E-state index contributed by atoms with van der Waals surface area (Å²) >= 11 is 4.94. The van der Waals surface area contributed by atoms with Gasteiger partial charge in [-0.1, -0.05) is 56.6 Å². The Labute approximate surface area is 109 Å². The van der Waals surface area contributed by atoms with Crippen LogP contribution < -0.4 is 5.73 Å². The summed E-state index contributed by atoms with van der Waals surface area (Å²) in [5.41, 5.74) is 7.62. The molecule has 2 N–H and O–H groups in total. The van der Waals surface area contributed by atoms with E-state index in [-0.39, 0.29) is 0 Å². The first-order valence-electron chi connectivity index (χ1n) is 6.20. The highest BCUT2D eigenvalue weighted by Crippen LogP contribution is 2.07. The van der Waals surface area contributed by atoms with Gasteiger partial charge in [-0.2, -0.15) is 0 Å². The number of unbranched alkanes of at least 4 members (excludes halogenated alkanes) is 3. The molecule has 0 unspecified atom stereocenters. The van der Waals surface area contributed by atoms with Crippen LogP contribution in [0, 0.1) is 0 Å². The molecule has 0 aromatic heterocycles. The molecule has 0 spiro atoms. The van der Waals surface area contributed by atoms with Crippen LogP contribution in [-0.4, -0.2) is 11.6 Å². The van der Waals surface area contributed by atoms with Crippen molar-refractivity contribution in [1.29, 1.82) is 0 Å². The third-order valence-electron chi connectivity index (χ3n) is 2.62. The highest BCUT2D eigenvalue weighted by Gasteiger charge is 1.98. The van der Waals surface area contributed by atoms with Gasteiger partial charge in [0.05, 0.1) is 6.61 Å². The molecule has 0 bridgehead atoms. The lowest BCUT2D eigenvalue weighted by Gasteiger charge is -2.06. The van der Waals surface area contributed by atoms with E-state index in [1.165, 1.54) is 19.3 Å². The summed E-state index contributed by atoms with van der Waals surface area (Å²) in [4.78, 5) is 0.440. The number of hydrogen-bond donors (Lipinski definition) is 1. The molecule has 2 nitrogen and oxygen atoms in total. The minimum atomic E-state index is 0.440. The molecule has 1 aromatic carbocycles. The monoisotopic (exact) mass is 251 g/mol. The quantitative estimate of drug-likeness (QED) is 0.568. The Bertz CT molecular complexity index is 352. The molecule has 0 aliphatic heterocycles. The number of ether oxygens (including phenoxy) is 1. The van der Waals surface area contributed by atoms with Crippen molar-refractivity contribution >= 4 is 17.2 Å². The second-order valence-electron chi connectivity index (χ2n) is 4.18. The molecule has 0 heterocycles. The Hall–Kier alpha value is -0.930. The van der Waals surface area contributed by atoms with Crippen LogP contribution in [0.4, 0.5) is 0 Å². The maximum atomic E-state index is 5.62. The van der Waals surface area contributed by atoms with Gasteiger partial charge in [-0.3, -0.25) is 0 Å².